The minimum absolute atomic E-state index is 0.309. The third-order valence-electron chi connectivity index (χ3n) is 5.15. The fraction of sp³-hybridized carbons (Fsp3) is 0.611. The van der Waals surface area contributed by atoms with Crippen molar-refractivity contribution in [2.45, 2.75) is 33.2 Å². The average Bonchev–Trinajstić information content (AvgIpc) is 3.02. The topological polar surface area (TPSA) is 91.1 Å². The summed E-state index contributed by atoms with van der Waals surface area (Å²) in [5.74, 6) is 1.17. The molecule has 0 saturated carbocycles. The Hall–Kier alpha value is -2.35. The first kappa shape index (κ1) is 18.4. The molecular weight excluding hydrogens is 332 g/mol. The second kappa shape index (κ2) is 7.11. The highest BCUT2D eigenvalue weighted by molar-refractivity contribution is 5.74. The molecule has 142 valence electrons. The Balaban J connectivity index is 2.24. The maximum atomic E-state index is 12.8. The summed E-state index contributed by atoms with van der Waals surface area (Å²) in [7, 11) is 3.17. The van der Waals surface area contributed by atoms with E-state index in [0.717, 1.165) is 42.0 Å². The SMILES string of the molecule is CC(C)=CCn1c(N2CCCC(CN)C2)nc2c1c(=O)n(C)c(=O)n2C. The molecule has 0 radical (unpaired) electrons. The highest BCUT2D eigenvalue weighted by atomic mass is 16.2. The number of nitrogens with two attached hydrogens (primary N) is 1. The molecule has 1 aliphatic rings. The van der Waals surface area contributed by atoms with E-state index in [2.05, 4.69) is 11.0 Å². The fourth-order valence-electron chi connectivity index (χ4n) is 3.56. The highest BCUT2D eigenvalue weighted by Crippen LogP contribution is 2.25. The predicted molar refractivity (Wildman–Crippen MR) is 104 cm³/mol. The Morgan fingerprint density at radius 1 is 1.27 bits per heavy atom. The second-order valence-corrected chi connectivity index (χ2v) is 7.37. The van der Waals surface area contributed by atoms with Crippen molar-refractivity contribution in [2.24, 2.45) is 25.7 Å². The molecule has 0 amide bonds. The van der Waals surface area contributed by atoms with Gasteiger partial charge in [0.1, 0.15) is 0 Å². The van der Waals surface area contributed by atoms with Crippen LogP contribution in [0.2, 0.25) is 0 Å². The number of rotatable bonds is 4. The summed E-state index contributed by atoms with van der Waals surface area (Å²) in [6.45, 7) is 6.94. The van der Waals surface area contributed by atoms with Gasteiger partial charge in [-0.3, -0.25) is 13.9 Å². The third kappa shape index (κ3) is 3.09. The molecule has 2 N–H and O–H groups in total. The Kier molecular flexibility index (Phi) is 5.04. The third-order valence-corrected chi connectivity index (χ3v) is 5.15. The second-order valence-electron chi connectivity index (χ2n) is 7.37. The van der Waals surface area contributed by atoms with Crippen molar-refractivity contribution in [1.82, 2.24) is 18.7 Å². The van der Waals surface area contributed by atoms with Crippen molar-refractivity contribution in [2.75, 3.05) is 24.5 Å². The summed E-state index contributed by atoms with van der Waals surface area (Å²) >= 11 is 0. The van der Waals surface area contributed by atoms with Crippen LogP contribution in [0.1, 0.15) is 26.7 Å². The van der Waals surface area contributed by atoms with Crippen LogP contribution in [-0.4, -0.2) is 38.3 Å². The van der Waals surface area contributed by atoms with Crippen molar-refractivity contribution >= 4 is 17.1 Å². The fourth-order valence-corrected chi connectivity index (χ4v) is 3.56. The van der Waals surface area contributed by atoms with Crippen LogP contribution in [0, 0.1) is 5.92 Å². The van der Waals surface area contributed by atoms with Crippen molar-refractivity contribution < 1.29 is 0 Å². The van der Waals surface area contributed by atoms with E-state index in [4.69, 9.17) is 10.7 Å². The summed E-state index contributed by atoms with van der Waals surface area (Å²) < 4.78 is 4.53. The van der Waals surface area contributed by atoms with Crippen molar-refractivity contribution in [3.05, 3.63) is 32.5 Å². The van der Waals surface area contributed by atoms with Crippen LogP contribution < -0.4 is 21.9 Å². The van der Waals surface area contributed by atoms with Gasteiger partial charge >= 0.3 is 5.69 Å². The number of anilines is 1. The van der Waals surface area contributed by atoms with E-state index in [0.29, 0.717) is 30.2 Å². The first-order valence-electron chi connectivity index (χ1n) is 9.09. The lowest BCUT2D eigenvalue weighted by Crippen LogP contribution is -2.40. The van der Waals surface area contributed by atoms with E-state index >= 15 is 0 Å². The van der Waals surface area contributed by atoms with Gasteiger partial charge in [0.15, 0.2) is 11.2 Å². The number of hydrogen-bond donors (Lipinski definition) is 1. The van der Waals surface area contributed by atoms with Crippen molar-refractivity contribution in [3.63, 3.8) is 0 Å². The van der Waals surface area contributed by atoms with E-state index in [1.54, 1.807) is 7.05 Å². The molecule has 1 atom stereocenters. The monoisotopic (exact) mass is 360 g/mol. The highest BCUT2D eigenvalue weighted by Gasteiger charge is 2.26. The summed E-state index contributed by atoms with van der Waals surface area (Å²) in [5, 5.41) is 0. The maximum absolute atomic E-state index is 12.8. The number of aromatic nitrogens is 4. The van der Waals surface area contributed by atoms with Gasteiger partial charge in [0, 0.05) is 33.7 Å². The molecule has 0 aliphatic carbocycles. The quantitative estimate of drug-likeness (QED) is 0.805. The van der Waals surface area contributed by atoms with Gasteiger partial charge < -0.3 is 15.2 Å². The summed E-state index contributed by atoms with van der Waals surface area (Å²) in [6.07, 6.45) is 4.23. The van der Waals surface area contributed by atoms with Gasteiger partial charge in [-0.1, -0.05) is 11.6 Å². The molecule has 8 nitrogen and oxygen atoms in total. The molecule has 1 aliphatic heterocycles. The number of hydrogen-bond acceptors (Lipinski definition) is 5. The Morgan fingerprint density at radius 3 is 2.65 bits per heavy atom. The zero-order chi connectivity index (χ0) is 19.0. The van der Waals surface area contributed by atoms with Gasteiger partial charge in [-0.15, -0.1) is 0 Å². The van der Waals surface area contributed by atoms with Gasteiger partial charge in [-0.05, 0) is 39.2 Å². The molecule has 0 spiro atoms. The normalized spacial score (nSPS) is 17.7. The Labute approximate surface area is 152 Å². The minimum atomic E-state index is -0.362. The van der Waals surface area contributed by atoms with Crippen LogP contribution in [0.15, 0.2) is 21.2 Å². The maximum Gasteiger partial charge on any atom is 0.332 e. The number of piperidine rings is 1. The van der Waals surface area contributed by atoms with Crippen LogP contribution in [0.4, 0.5) is 5.95 Å². The average molecular weight is 360 g/mol. The first-order valence-corrected chi connectivity index (χ1v) is 9.09. The molecule has 1 saturated heterocycles. The summed E-state index contributed by atoms with van der Waals surface area (Å²) in [5.41, 5.74) is 7.28. The largest absolute Gasteiger partial charge is 0.342 e. The van der Waals surface area contributed by atoms with Gasteiger partial charge in [0.05, 0.1) is 0 Å². The lowest BCUT2D eigenvalue weighted by Gasteiger charge is -2.33. The standard InChI is InChI=1S/C18H28N6O2/c1-12(2)7-9-24-14-15(21(3)18(26)22(4)16(14)25)20-17(24)23-8-5-6-13(10-19)11-23/h7,13H,5-6,8-11,19H2,1-4H3. The number of nitrogens with zero attached hydrogens (tertiary/aromatic N) is 5. The molecule has 2 aromatic rings. The molecule has 26 heavy (non-hydrogen) atoms. The molecule has 1 fully saturated rings. The van der Waals surface area contributed by atoms with Gasteiger partial charge in [-0.25, -0.2) is 4.79 Å². The number of allylic oxidation sites excluding steroid dienone is 2. The summed E-state index contributed by atoms with van der Waals surface area (Å²) in [4.78, 5) is 32.0. The number of fused-ring (bicyclic) bond motifs is 1. The van der Waals surface area contributed by atoms with Crippen molar-refractivity contribution in [1.29, 1.82) is 0 Å². The van der Waals surface area contributed by atoms with E-state index in [9.17, 15) is 9.59 Å². The van der Waals surface area contributed by atoms with Gasteiger partial charge in [0.25, 0.3) is 5.56 Å². The zero-order valence-electron chi connectivity index (χ0n) is 16.0. The van der Waals surface area contributed by atoms with E-state index in [-0.39, 0.29) is 11.2 Å². The smallest absolute Gasteiger partial charge is 0.332 e. The molecule has 2 aromatic heterocycles. The minimum Gasteiger partial charge on any atom is -0.342 e. The first-order chi connectivity index (χ1) is 12.3. The van der Waals surface area contributed by atoms with Crippen LogP contribution in [-0.2, 0) is 20.6 Å². The van der Waals surface area contributed by atoms with Gasteiger partial charge in [0.2, 0.25) is 5.95 Å². The van der Waals surface area contributed by atoms with Crippen LogP contribution >= 0.6 is 0 Å². The van der Waals surface area contributed by atoms with Gasteiger partial charge in [-0.2, -0.15) is 4.98 Å². The Bertz CT molecular complexity index is 961. The van der Waals surface area contributed by atoms with E-state index in [1.165, 1.54) is 11.6 Å². The van der Waals surface area contributed by atoms with Crippen LogP contribution in [0.25, 0.3) is 11.2 Å². The van der Waals surface area contributed by atoms with Crippen LogP contribution in [0.3, 0.4) is 0 Å². The molecule has 3 rings (SSSR count). The predicted octanol–water partition coefficient (Wildman–Crippen LogP) is 0.575. The summed E-state index contributed by atoms with van der Waals surface area (Å²) in [6, 6.07) is 0. The lowest BCUT2D eigenvalue weighted by molar-refractivity contribution is 0.417. The van der Waals surface area contributed by atoms with E-state index < -0.39 is 0 Å². The molecule has 1 unspecified atom stereocenters. The van der Waals surface area contributed by atoms with Crippen LogP contribution in [0.5, 0.6) is 0 Å². The number of imidazole rings is 1. The molecule has 8 heteroatoms. The molecule has 3 heterocycles. The van der Waals surface area contributed by atoms with E-state index in [1.807, 2.05) is 18.4 Å². The van der Waals surface area contributed by atoms with Crippen molar-refractivity contribution in [3.8, 4) is 0 Å². The number of aryl methyl sites for hydroxylation is 1. The molecule has 0 bridgehead atoms. The lowest BCUT2D eigenvalue weighted by atomic mass is 9.99. The molecule has 0 aromatic carbocycles. The Morgan fingerprint density at radius 2 is 2.00 bits per heavy atom. The zero-order valence-corrected chi connectivity index (χ0v) is 16.0. The molecular formula is C18H28N6O2.